The van der Waals surface area contributed by atoms with E-state index in [4.69, 9.17) is 0 Å². The van der Waals surface area contributed by atoms with Gasteiger partial charge in [-0.15, -0.1) is 0 Å². The predicted octanol–water partition coefficient (Wildman–Crippen LogP) is 0.568. The summed E-state index contributed by atoms with van der Waals surface area (Å²) in [6, 6.07) is 0.541. The van der Waals surface area contributed by atoms with Crippen LogP contribution in [0.2, 0.25) is 0 Å². The lowest BCUT2D eigenvalue weighted by molar-refractivity contribution is -0.120. The van der Waals surface area contributed by atoms with Gasteiger partial charge in [0.15, 0.2) is 0 Å². The van der Waals surface area contributed by atoms with Crippen molar-refractivity contribution in [2.24, 2.45) is 7.05 Å². The molecule has 1 aromatic heterocycles. The topological polar surface area (TPSA) is 59.0 Å². The number of hydrogen-bond acceptors (Lipinski definition) is 3. The van der Waals surface area contributed by atoms with E-state index in [0.717, 1.165) is 5.56 Å². The molecule has 1 aliphatic rings. The third-order valence-corrected chi connectivity index (χ3v) is 3.15. The molecule has 17 heavy (non-hydrogen) atoms. The molecule has 0 aliphatic heterocycles. The summed E-state index contributed by atoms with van der Waals surface area (Å²) in [7, 11) is 1.87. The van der Waals surface area contributed by atoms with E-state index in [9.17, 15) is 4.79 Å². The zero-order valence-corrected chi connectivity index (χ0v) is 10.3. The third kappa shape index (κ3) is 3.85. The highest BCUT2D eigenvalue weighted by atomic mass is 16.1. The van der Waals surface area contributed by atoms with Gasteiger partial charge in [-0.1, -0.05) is 12.8 Å². The highest BCUT2D eigenvalue weighted by Gasteiger charge is 2.14. The van der Waals surface area contributed by atoms with Gasteiger partial charge in [-0.2, -0.15) is 5.10 Å². The second kappa shape index (κ2) is 5.82. The van der Waals surface area contributed by atoms with Gasteiger partial charge in [0, 0.05) is 31.4 Å². The number of rotatable bonds is 5. The number of nitrogens with one attached hydrogen (secondary N) is 2. The first-order valence-electron chi connectivity index (χ1n) is 6.21. The first kappa shape index (κ1) is 12.1. The van der Waals surface area contributed by atoms with Crippen molar-refractivity contribution < 1.29 is 4.79 Å². The minimum Gasteiger partial charge on any atom is -0.351 e. The van der Waals surface area contributed by atoms with Gasteiger partial charge in [-0.05, 0) is 12.8 Å². The minimum atomic E-state index is 0.0563. The molecule has 0 aromatic carbocycles. The van der Waals surface area contributed by atoms with Crippen LogP contribution in [-0.2, 0) is 18.4 Å². The van der Waals surface area contributed by atoms with Crippen LogP contribution in [0.5, 0.6) is 0 Å². The molecule has 1 heterocycles. The number of amides is 1. The molecule has 0 radical (unpaired) electrons. The minimum absolute atomic E-state index is 0.0563. The Morgan fingerprint density at radius 3 is 2.94 bits per heavy atom. The Balaban J connectivity index is 1.63. The first-order chi connectivity index (χ1) is 8.24. The van der Waals surface area contributed by atoms with Crippen LogP contribution in [-0.4, -0.2) is 28.3 Å². The lowest BCUT2D eigenvalue weighted by atomic mass is 10.2. The number of aromatic nitrogens is 2. The third-order valence-electron chi connectivity index (χ3n) is 3.15. The standard InChI is InChI=1S/C12H20N4O/c1-16-9-10(7-15-16)6-14-12(17)8-13-11-4-2-3-5-11/h7,9,11,13H,2-6,8H2,1H3,(H,14,17). The Bertz CT molecular complexity index is 368. The molecule has 0 saturated heterocycles. The quantitative estimate of drug-likeness (QED) is 0.785. The van der Waals surface area contributed by atoms with E-state index in [2.05, 4.69) is 15.7 Å². The van der Waals surface area contributed by atoms with Crippen molar-refractivity contribution in [2.45, 2.75) is 38.3 Å². The Hall–Kier alpha value is -1.36. The van der Waals surface area contributed by atoms with E-state index in [0.29, 0.717) is 19.1 Å². The molecule has 1 aliphatic carbocycles. The van der Waals surface area contributed by atoms with Crippen LogP contribution in [0.25, 0.3) is 0 Å². The van der Waals surface area contributed by atoms with Crippen molar-refractivity contribution in [3.8, 4) is 0 Å². The molecule has 0 bridgehead atoms. The molecule has 1 amide bonds. The Morgan fingerprint density at radius 1 is 1.53 bits per heavy atom. The molecule has 2 N–H and O–H groups in total. The van der Waals surface area contributed by atoms with E-state index >= 15 is 0 Å². The van der Waals surface area contributed by atoms with Crippen LogP contribution in [0.1, 0.15) is 31.2 Å². The Morgan fingerprint density at radius 2 is 2.29 bits per heavy atom. The van der Waals surface area contributed by atoms with Gasteiger partial charge < -0.3 is 10.6 Å². The molecular formula is C12H20N4O. The van der Waals surface area contributed by atoms with E-state index in [1.54, 1.807) is 10.9 Å². The number of carbonyl (C=O) groups is 1. The monoisotopic (exact) mass is 236 g/mol. The van der Waals surface area contributed by atoms with E-state index in [-0.39, 0.29) is 5.91 Å². The zero-order valence-electron chi connectivity index (χ0n) is 10.3. The zero-order chi connectivity index (χ0) is 12.1. The van der Waals surface area contributed by atoms with E-state index < -0.39 is 0 Å². The Kier molecular flexibility index (Phi) is 4.14. The molecular weight excluding hydrogens is 216 g/mol. The number of hydrogen-bond donors (Lipinski definition) is 2. The average molecular weight is 236 g/mol. The fraction of sp³-hybridized carbons (Fsp3) is 0.667. The SMILES string of the molecule is Cn1cc(CNC(=O)CNC2CCCC2)cn1. The molecule has 0 unspecified atom stereocenters. The molecule has 2 rings (SSSR count). The molecule has 1 aromatic rings. The average Bonchev–Trinajstić information content (AvgIpc) is 2.95. The summed E-state index contributed by atoms with van der Waals surface area (Å²) in [5.74, 6) is 0.0563. The molecule has 1 fully saturated rings. The summed E-state index contributed by atoms with van der Waals surface area (Å²) < 4.78 is 1.73. The van der Waals surface area contributed by atoms with Crippen molar-refractivity contribution >= 4 is 5.91 Å². The Labute approximate surface area is 102 Å². The van der Waals surface area contributed by atoms with Gasteiger partial charge in [0.1, 0.15) is 0 Å². The summed E-state index contributed by atoms with van der Waals surface area (Å²) in [6.07, 6.45) is 8.66. The van der Waals surface area contributed by atoms with Crippen molar-refractivity contribution in [3.05, 3.63) is 18.0 Å². The molecule has 0 atom stereocenters. The van der Waals surface area contributed by atoms with Crippen LogP contribution in [0.15, 0.2) is 12.4 Å². The summed E-state index contributed by atoms with van der Waals surface area (Å²) in [5, 5.41) is 10.2. The summed E-state index contributed by atoms with van der Waals surface area (Å²) >= 11 is 0. The van der Waals surface area contributed by atoms with Gasteiger partial charge in [0.2, 0.25) is 5.91 Å². The smallest absolute Gasteiger partial charge is 0.234 e. The molecule has 5 heteroatoms. The molecule has 5 nitrogen and oxygen atoms in total. The summed E-state index contributed by atoms with van der Waals surface area (Å²) in [5.41, 5.74) is 1.03. The summed E-state index contributed by atoms with van der Waals surface area (Å²) in [6.45, 7) is 0.976. The van der Waals surface area contributed by atoms with Crippen LogP contribution < -0.4 is 10.6 Å². The van der Waals surface area contributed by atoms with E-state index in [1.165, 1.54) is 25.7 Å². The van der Waals surface area contributed by atoms with Crippen LogP contribution >= 0.6 is 0 Å². The van der Waals surface area contributed by atoms with Gasteiger partial charge in [0.05, 0.1) is 12.7 Å². The van der Waals surface area contributed by atoms with Gasteiger partial charge in [-0.25, -0.2) is 0 Å². The predicted molar refractivity (Wildman–Crippen MR) is 65.3 cm³/mol. The van der Waals surface area contributed by atoms with Crippen LogP contribution in [0.4, 0.5) is 0 Å². The number of nitrogens with zero attached hydrogens (tertiary/aromatic N) is 2. The van der Waals surface area contributed by atoms with Crippen molar-refractivity contribution in [1.82, 2.24) is 20.4 Å². The second-order valence-electron chi connectivity index (χ2n) is 4.66. The summed E-state index contributed by atoms with van der Waals surface area (Å²) in [4.78, 5) is 11.6. The lowest BCUT2D eigenvalue weighted by Gasteiger charge is -2.11. The molecule has 0 spiro atoms. The maximum Gasteiger partial charge on any atom is 0.234 e. The van der Waals surface area contributed by atoms with Gasteiger partial charge in [-0.3, -0.25) is 9.48 Å². The van der Waals surface area contributed by atoms with Gasteiger partial charge in [0.25, 0.3) is 0 Å². The normalized spacial score (nSPS) is 16.3. The largest absolute Gasteiger partial charge is 0.351 e. The molecule has 1 saturated carbocycles. The highest BCUT2D eigenvalue weighted by Crippen LogP contribution is 2.17. The van der Waals surface area contributed by atoms with Crippen molar-refractivity contribution in [1.29, 1.82) is 0 Å². The highest BCUT2D eigenvalue weighted by molar-refractivity contribution is 5.77. The number of carbonyl (C=O) groups excluding carboxylic acids is 1. The molecule has 94 valence electrons. The van der Waals surface area contributed by atoms with Gasteiger partial charge >= 0.3 is 0 Å². The van der Waals surface area contributed by atoms with Crippen LogP contribution in [0.3, 0.4) is 0 Å². The first-order valence-corrected chi connectivity index (χ1v) is 6.21. The van der Waals surface area contributed by atoms with E-state index in [1.807, 2.05) is 13.2 Å². The van der Waals surface area contributed by atoms with Crippen LogP contribution in [0, 0.1) is 0 Å². The number of aryl methyl sites for hydroxylation is 1. The fourth-order valence-corrected chi connectivity index (χ4v) is 2.19. The maximum atomic E-state index is 11.6. The maximum absolute atomic E-state index is 11.6. The lowest BCUT2D eigenvalue weighted by Crippen LogP contribution is -2.37. The van der Waals surface area contributed by atoms with Crippen molar-refractivity contribution in [3.63, 3.8) is 0 Å². The fourth-order valence-electron chi connectivity index (χ4n) is 2.19. The second-order valence-corrected chi connectivity index (χ2v) is 4.66. The van der Waals surface area contributed by atoms with Crippen molar-refractivity contribution in [2.75, 3.05) is 6.54 Å².